The molecule has 1 unspecified atom stereocenters. The number of ether oxygens (including phenoxy) is 1. The molecule has 1 aromatic rings. The largest absolute Gasteiger partial charge is 0.496 e. The van der Waals surface area contributed by atoms with Gasteiger partial charge in [-0.15, -0.1) is 0 Å². The molecule has 2 N–H and O–H groups in total. The fourth-order valence-electron chi connectivity index (χ4n) is 2.71. The number of primary amides is 1. The van der Waals surface area contributed by atoms with Crippen molar-refractivity contribution in [3.63, 3.8) is 0 Å². The Hall–Kier alpha value is -2.09. The van der Waals surface area contributed by atoms with E-state index in [9.17, 15) is 18.0 Å². The highest BCUT2D eigenvalue weighted by molar-refractivity contribution is 7.90. The molecule has 1 fully saturated rings. The van der Waals surface area contributed by atoms with Gasteiger partial charge in [-0.2, -0.15) is 0 Å². The van der Waals surface area contributed by atoms with Gasteiger partial charge in [-0.05, 0) is 37.5 Å². The Kier molecular flexibility index (Phi) is 4.93. The van der Waals surface area contributed by atoms with Gasteiger partial charge in [0.15, 0.2) is 9.84 Å². The van der Waals surface area contributed by atoms with Gasteiger partial charge in [0.2, 0.25) is 5.91 Å². The van der Waals surface area contributed by atoms with Crippen LogP contribution in [0.15, 0.2) is 23.1 Å². The normalized spacial score (nSPS) is 18.5. The number of methoxy groups -OCH3 is 1. The van der Waals surface area contributed by atoms with Gasteiger partial charge < -0.3 is 15.4 Å². The van der Waals surface area contributed by atoms with E-state index in [4.69, 9.17) is 10.5 Å². The van der Waals surface area contributed by atoms with Gasteiger partial charge in [-0.1, -0.05) is 0 Å². The van der Waals surface area contributed by atoms with Crippen LogP contribution in [0.2, 0.25) is 0 Å². The third-order valence-corrected chi connectivity index (χ3v) is 5.03. The lowest BCUT2D eigenvalue weighted by Crippen LogP contribution is -2.50. The first kappa shape index (κ1) is 17.3. The molecule has 0 spiro atoms. The van der Waals surface area contributed by atoms with Crippen LogP contribution in [0, 0.1) is 0 Å². The number of rotatable bonds is 4. The molecule has 1 aliphatic rings. The molecule has 1 aromatic carbocycles. The molecule has 0 aromatic heterocycles. The van der Waals surface area contributed by atoms with Crippen LogP contribution in [-0.2, 0) is 14.6 Å². The van der Waals surface area contributed by atoms with Crippen molar-refractivity contribution in [2.45, 2.75) is 30.2 Å². The maximum absolute atomic E-state index is 12.8. The molecule has 0 bridgehead atoms. The minimum Gasteiger partial charge on any atom is -0.496 e. The molecule has 8 heteroatoms. The number of nitrogens with zero attached hydrogens (tertiary/aromatic N) is 1. The molecular formula is C15H20N2O5S. The van der Waals surface area contributed by atoms with Crippen molar-refractivity contribution in [1.29, 1.82) is 0 Å². The Labute approximate surface area is 135 Å². The summed E-state index contributed by atoms with van der Waals surface area (Å²) in [5, 5.41) is 0. The molecule has 23 heavy (non-hydrogen) atoms. The molecule has 0 saturated carbocycles. The Bertz CT molecular complexity index is 729. The zero-order chi connectivity index (χ0) is 17.2. The predicted octanol–water partition coefficient (Wildman–Crippen LogP) is 0.579. The van der Waals surface area contributed by atoms with E-state index in [2.05, 4.69) is 0 Å². The van der Waals surface area contributed by atoms with Crippen LogP contribution in [0.3, 0.4) is 0 Å². The smallest absolute Gasteiger partial charge is 0.258 e. The maximum Gasteiger partial charge on any atom is 0.258 e. The van der Waals surface area contributed by atoms with Crippen LogP contribution >= 0.6 is 0 Å². The van der Waals surface area contributed by atoms with E-state index < -0.39 is 27.7 Å². The number of sulfone groups is 1. The van der Waals surface area contributed by atoms with Crippen molar-refractivity contribution in [3.05, 3.63) is 23.8 Å². The number of benzene rings is 1. The number of carbonyl (C=O) groups is 2. The summed E-state index contributed by atoms with van der Waals surface area (Å²) in [4.78, 5) is 25.8. The summed E-state index contributed by atoms with van der Waals surface area (Å²) in [5.41, 5.74) is 5.50. The molecule has 0 radical (unpaired) electrons. The first-order valence-corrected chi connectivity index (χ1v) is 9.13. The molecule has 0 aliphatic carbocycles. The summed E-state index contributed by atoms with van der Waals surface area (Å²) in [5.74, 6) is -0.747. The number of piperidine rings is 1. The summed E-state index contributed by atoms with van der Waals surface area (Å²) in [6.07, 6.45) is 3.16. The third-order valence-electron chi connectivity index (χ3n) is 3.92. The molecule has 126 valence electrons. The van der Waals surface area contributed by atoms with E-state index in [1.165, 1.54) is 30.2 Å². The van der Waals surface area contributed by atoms with Crippen molar-refractivity contribution >= 4 is 21.7 Å². The Morgan fingerprint density at radius 1 is 1.30 bits per heavy atom. The molecule has 1 saturated heterocycles. The van der Waals surface area contributed by atoms with Gasteiger partial charge in [-0.3, -0.25) is 9.59 Å². The van der Waals surface area contributed by atoms with Crippen molar-refractivity contribution < 1.29 is 22.7 Å². The molecule has 1 heterocycles. The van der Waals surface area contributed by atoms with Gasteiger partial charge in [0.25, 0.3) is 5.91 Å². The fraction of sp³-hybridized carbons (Fsp3) is 0.467. The van der Waals surface area contributed by atoms with E-state index in [0.29, 0.717) is 13.0 Å². The summed E-state index contributed by atoms with van der Waals surface area (Å²) in [6.45, 7) is 0.401. The van der Waals surface area contributed by atoms with Crippen LogP contribution in [0.1, 0.15) is 29.6 Å². The number of carbonyl (C=O) groups excluding carboxylic acids is 2. The highest BCUT2D eigenvalue weighted by atomic mass is 32.2. The first-order chi connectivity index (χ1) is 10.8. The van der Waals surface area contributed by atoms with Gasteiger partial charge >= 0.3 is 0 Å². The quantitative estimate of drug-likeness (QED) is 0.863. The standard InChI is InChI=1S/C15H20N2O5S/c1-22-13-7-6-10(23(2,20)21)9-11(13)15(19)17-8-4-3-5-12(17)14(16)18/h6-7,9,12H,3-5,8H2,1-2H3,(H2,16,18). The second kappa shape index (κ2) is 6.57. The molecule has 2 amide bonds. The van der Waals surface area contributed by atoms with E-state index in [0.717, 1.165) is 19.1 Å². The number of nitrogens with two attached hydrogens (primary N) is 1. The Balaban J connectivity index is 2.46. The second-order valence-corrected chi connectivity index (χ2v) is 7.56. The number of amides is 2. The van der Waals surface area contributed by atoms with Crippen molar-refractivity contribution in [1.82, 2.24) is 4.90 Å². The Morgan fingerprint density at radius 3 is 2.57 bits per heavy atom. The summed E-state index contributed by atoms with van der Waals surface area (Å²) in [7, 11) is -2.07. The summed E-state index contributed by atoms with van der Waals surface area (Å²) >= 11 is 0. The topological polar surface area (TPSA) is 107 Å². The average molecular weight is 340 g/mol. The first-order valence-electron chi connectivity index (χ1n) is 7.24. The van der Waals surface area contributed by atoms with Crippen molar-refractivity contribution in [3.8, 4) is 5.75 Å². The van der Waals surface area contributed by atoms with Crippen LogP contribution in [0.4, 0.5) is 0 Å². The van der Waals surface area contributed by atoms with E-state index in [-0.39, 0.29) is 16.2 Å². The van der Waals surface area contributed by atoms with Crippen LogP contribution in [0.5, 0.6) is 5.75 Å². The van der Waals surface area contributed by atoms with E-state index in [1.54, 1.807) is 0 Å². The van der Waals surface area contributed by atoms with Gasteiger partial charge in [0.1, 0.15) is 11.8 Å². The highest BCUT2D eigenvalue weighted by Gasteiger charge is 2.32. The number of likely N-dealkylation sites (tertiary alicyclic amines) is 1. The average Bonchev–Trinajstić information content (AvgIpc) is 2.52. The summed E-state index contributed by atoms with van der Waals surface area (Å²) in [6, 6.07) is 3.42. The molecule has 1 atom stereocenters. The van der Waals surface area contributed by atoms with E-state index >= 15 is 0 Å². The number of hydrogen-bond donors (Lipinski definition) is 1. The lowest BCUT2D eigenvalue weighted by molar-refractivity contribution is -0.123. The Morgan fingerprint density at radius 2 is 2.00 bits per heavy atom. The van der Waals surface area contributed by atoms with Gasteiger partial charge in [-0.25, -0.2) is 8.42 Å². The summed E-state index contributed by atoms with van der Waals surface area (Å²) < 4.78 is 28.6. The minimum absolute atomic E-state index is 0.0225. The second-order valence-electron chi connectivity index (χ2n) is 5.55. The van der Waals surface area contributed by atoms with Crippen LogP contribution < -0.4 is 10.5 Å². The highest BCUT2D eigenvalue weighted by Crippen LogP contribution is 2.27. The lowest BCUT2D eigenvalue weighted by atomic mass is 10.00. The zero-order valence-corrected chi connectivity index (χ0v) is 13.9. The van der Waals surface area contributed by atoms with Crippen LogP contribution in [0.25, 0.3) is 0 Å². The molecule has 7 nitrogen and oxygen atoms in total. The maximum atomic E-state index is 12.8. The predicted molar refractivity (Wildman–Crippen MR) is 84.0 cm³/mol. The molecule has 1 aliphatic heterocycles. The lowest BCUT2D eigenvalue weighted by Gasteiger charge is -2.34. The monoisotopic (exact) mass is 340 g/mol. The van der Waals surface area contributed by atoms with Gasteiger partial charge in [0.05, 0.1) is 17.6 Å². The zero-order valence-electron chi connectivity index (χ0n) is 13.1. The minimum atomic E-state index is -3.46. The molecular weight excluding hydrogens is 320 g/mol. The molecule has 2 rings (SSSR count). The van der Waals surface area contributed by atoms with Gasteiger partial charge in [0, 0.05) is 12.8 Å². The number of hydrogen-bond acceptors (Lipinski definition) is 5. The fourth-order valence-corrected chi connectivity index (χ4v) is 3.36. The third kappa shape index (κ3) is 3.64. The van der Waals surface area contributed by atoms with Crippen LogP contribution in [-0.4, -0.2) is 51.1 Å². The van der Waals surface area contributed by atoms with Crippen molar-refractivity contribution in [2.24, 2.45) is 5.73 Å². The van der Waals surface area contributed by atoms with Crippen molar-refractivity contribution in [2.75, 3.05) is 19.9 Å². The SMILES string of the molecule is COc1ccc(S(C)(=O)=O)cc1C(=O)N1CCCCC1C(N)=O. The van der Waals surface area contributed by atoms with E-state index in [1.807, 2.05) is 0 Å².